The first-order valence-corrected chi connectivity index (χ1v) is 6.42. The van der Waals surface area contributed by atoms with Gasteiger partial charge in [-0.05, 0) is 29.3 Å². The van der Waals surface area contributed by atoms with E-state index in [9.17, 15) is 0 Å². The molecule has 0 fully saturated rings. The zero-order valence-corrected chi connectivity index (χ0v) is 12.3. The molecule has 2 rings (SSSR count). The normalized spacial score (nSPS) is 10.2. The van der Waals surface area contributed by atoms with Gasteiger partial charge >= 0.3 is 0 Å². The van der Waals surface area contributed by atoms with Crippen molar-refractivity contribution >= 4 is 23.5 Å². The van der Waals surface area contributed by atoms with Crippen LogP contribution in [0.1, 0.15) is 5.56 Å². The maximum atomic E-state index is 5.87. The quantitative estimate of drug-likeness (QED) is 0.912. The number of nitrogens with zero attached hydrogens (tertiary/aromatic N) is 4. The van der Waals surface area contributed by atoms with E-state index in [2.05, 4.69) is 20.3 Å². The van der Waals surface area contributed by atoms with Crippen LogP contribution in [-0.2, 0) is 6.54 Å². The summed E-state index contributed by atoms with van der Waals surface area (Å²) in [5.41, 5.74) is 1.06. The topological polar surface area (TPSA) is 63.2 Å². The molecule has 0 saturated heterocycles. The highest BCUT2D eigenvalue weighted by Gasteiger charge is 2.06. The number of ether oxygens (including phenoxy) is 1. The van der Waals surface area contributed by atoms with Crippen LogP contribution in [0.25, 0.3) is 0 Å². The molecule has 0 spiro atoms. The highest BCUT2D eigenvalue weighted by atomic mass is 35.5. The number of hydrogen-bond donors (Lipinski definition) is 1. The molecule has 0 aliphatic carbocycles. The van der Waals surface area contributed by atoms with Gasteiger partial charge < -0.3 is 15.0 Å². The Hall–Kier alpha value is -2.08. The predicted molar refractivity (Wildman–Crippen MR) is 79.5 cm³/mol. The van der Waals surface area contributed by atoms with Crippen molar-refractivity contribution in [2.75, 3.05) is 31.4 Å². The lowest BCUT2D eigenvalue weighted by Crippen LogP contribution is -2.15. The van der Waals surface area contributed by atoms with Crippen LogP contribution >= 0.6 is 11.6 Å². The molecule has 106 valence electrons. The van der Waals surface area contributed by atoms with Gasteiger partial charge in [0, 0.05) is 20.6 Å². The lowest BCUT2D eigenvalue weighted by molar-refractivity contribution is 0.414. The van der Waals surface area contributed by atoms with E-state index in [1.807, 2.05) is 38.4 Å². The van der Waals surface area contributed by atoms with Gasteiger partial charge in [0.05, 0.1) is 7.11 Å². The lowest BCUT2D eigenvalue weighted by Gasteiger charge is -2.12. The Morgan fingerprint density at radius 3 is 2.75 bits per heavy atom. The van der Waals surface area contributed by atoms with E-state index in [1.165, 1.54) is 0 Å². The van der Waals surface area contributed by atoms with Gasteiger partial charge in [0.25, 0.3) is 0 Å². The van der Waals surface area contributed by atoms with Gasteiger partial charge in [-0.15, -0.1) is 0 Å². The molecule has 1 aromatic carbocycles. The standard InChI is InChI=1S/C13H16ClN5O/c1-19(2)13-17-11(14)16-12(18-13)15-8-9-5-4-6-10(7-9)20-3/h4-7H,8H2,1-3H3,(H,15,16,17,18). The summed E-state index contributed by atoms with van der Waals surface area (Å²) in [6.07, 6.45) is 0. The average molecular weight is 294 g/mol. The molecule has 1 aromatic heterocycles. The van der Waals surface area contributed by atoms with Gasteiger partial charge in [-0.1, -0.05) is 12.1 Å². The fourth-order valence-electron chi connectivity index (χ4n) is 1.58. The van der Waals surface area contributed by atoms with E-state index in [0.29, 0.717) is 18.4 Å². The molecule has 2 aromatic rings. The van der Waals surface area contributed by atoms with Gasteiger partial charge in [-0.25, -0.2) is 0 Å². The summed E-state index contributed by atoms with van der Waals surface area (Å²) in [7, 11) is 5.33. The van der Waals surface area contributed by atoms with Crippen molar-refractivity contribution in [1.82, 2.24) is 15.0 Å². The second-order valence-electron chi connectivity index (χ2n) is 4.33. The first-order valence-electron chi connectivity index (χ1n) is 6.04. The molecule has 0 saturated carbocycles. The molecule has 1 heterocycles. The van der Waals surface area contributed by atoms with Crippen molar-refractivity contribution in [2.45, 2.75) is 6.54 Å². The Morgan fingerprint density at radius 2 is 2.05 bits per heavy atom. The number of anilines is 2. The largest absolute Gasteiger partial charge is 0.497 e. The predicted octanol–water partition coefficient (Wildman–Crippen LogP) is 2.21. The summed E-state index contributed by atoms with van der Waals surface area (Å²) in [5, 5.41) is 3.28. The van der Waals surface area contributed by atoms with Crippen LogP contribution in [0.15, 0.2) is 24.3 Å². The third-order valence-electron chi connectivity index (χ3n) is 2.58. The van der Waals surface area contributed by atoms with Crippen molar-refractivity contribution in [3.8, 4) is 5.75 Å². The molecule has 1 N–H and O–H groups in total. The molecule has 7 heteroatoms. The van der Waals surface area contributed by atoms with Gasteiger partial charge in [0.15, 0.2) is 0 Å². The maximum absolute atomic E-state index is 5.87. The van der Waals surface area contributed by atoms with E-state index in [-0.39, 0.29) is 5.28 Å². The highest BCUT2D eigenvalue weighted by Crippen LogP contribution is 2.15. The van der Waals surface area contributed by atoms with Crippen LogP contribution in [0.4, 0.5) is 11.9 Å². The monoisotopic (exact) mass is 293 g/mol. The number of nitrogens with one attached hydrogen (secondary N) is 1. The van der Waals surface area contributed by atoms with Crippen LogP contribution in [-0.4, -0.2) is 36.2 Å². The van der Waals surface area contributed by atoms with Crippen molar-refractivity contribution < 1.29 is 4.74 Å². The third-order valence-corrected chi connectivity index (χ3v) is 2.75. The molecule has 0 unspecified atom stereocenters. The van der Waals surface area contributed by atoms with Crippen molar-refractivity contribution in [1.29, 1.82) is 0 Å². The minimum Gasteiger partial charge on any atom is -0.497 e. The molecule has 0 amide bonds. The van der Waals surface area contributed by atoms with E-state index < -0.39 is 0 Å². The summed E-state index contributed by atoms with van der Waals surface area (Å²) in [5.74, 6) is 1.77. The Bertz CT molecular complexity index is 591. The second kappa shape index (κ2) is 6.38. The Balaban J connectivity index is 2.10. The third kappa shape index (κ3) is 3.71. The molecule has 0 aliphatic rings. The van der Waals surface area contributed by atoms with Gasteiger partial charge in [0.2, 0.25) is 17.2 Å². The fraction of sp³-hybridized carbons (Fsp3) is 0.308. The fourth-order valence-corrected chi connectivity index (χ4v) is 1.74. The zero-order valence-electron chi connectivity index (χ0n) is 11.6. The number of halogens is 1. The van der Waals surface area contributed by atoms with Crippen LogP contribution in [0.5, 0.6) is 5.75 Å². The molecule has 6 nitrogen and oxygen atoms in total. The Kier molecular flexibility index (Phi) is 4.57. The van der Waals surface area contributed by atoms with Crippen LogP contribution in [0.3, 0.4) is 0 Å². The second-order valence-corrected chi connectivity index (χ2v) is 4.67. The van der Waals surface area contributed by atoms with E-state index in [4.69, 9.17) is 16.3 Å². The lowest BCUT2D eigenvalue weighted by atomic mass is 10.2. The van der Waals surface area contributed by atoms with E-state index in [0.717, 1.165) is 11.3 Å². The number of methoxy groups -OCH3 is 1. The average Bonchev–Trinajstić information content (AvgIpc) is 2.44. The number of hydrogen-bond acceptors (Lipinski definition) is 6. The summed E-state index contributed by atoms with van der Waals surface area (Å²) >= 11 is 5.87. The van der Waals surface area contributed by atoms with Gasteiger partial charge in [0.1, 0.15) is 5.75 Å². The maximum Gasteiger partial charge on any atom is 0.230 e. The minimum atomic E-state index is 0.164. The Labute approximate surface area is 122 Å². The number of benzene rings is 1. The number of aromatic nitrogens is 3. The van der Waals surface area contributed by atoms with Crippen molar-refractivity contribution in [3.05, 3.63) is 35.1 Å². The molecular formula is C13H16ClN5O. The molecule has 0 atom stereocenters. The summed E-state index contributed by atoms with van der Waals surface area (Å²) in [4.78, 5) is 14.1. The van der Waals surface area contributed by atoms with E-state index in [1.54, 1.807) is 12.0 Å². The molecule has 20 heavy (non-hydrogen) atoms. The van der Waals surface area contributed by atoms with Crippen LogP contribution in [0, 0.1) is 0 Å². The number of rotatable bonds is 5. The summed E-state index contributed by atoms with van der Waals surface area (Å²) in [6, 6.07) is 7.77. The first-order chi connectivity index (χ1) is 9.58. The molecule has 0 radical (unpaired) electrons. The summed E-state index contributed by atoms with van der Waals surface area (Å²) < 4.78 is 5.18. The summed E-state index contributed by atoms with van der Waals surface area (Å²) in [6.45, 7) is 0.574. The molecule has 0 bridgehead atoms. The van der Waals surface area contributed by atoms with Crippen LogP contribution < -0.4 is 15.0 Å². The van der Waals surface area contributed by atoms with Crippen LogP contribution in [0.2, 0.25) is 5.28 Å². The molecule has 0 aliphatic heterocycles. The smallest absolute Gasteiger partial charge is 0.230 e. The Morgan fingerprint density at radius 1 is 1.25 bits per heavy atom. The SMILES string of the molecule is COc1cccc(CNc2nc(Cl)nc(N(C)C)n2)c1. The van der Waals surface area contributed by atoms with Crippen molar-refractivity contribution in [2.24, 2.45) is 0 Å². The highest BCUT2D eigenvalue weighted by molar-refractivity contribution is 6.28. The van der Waals surface area contributed by atoms with Gasteiger partial charge in [-0.3, -0.25) is 0 Å². The minimum absolute atomic E-state index is 0.164. The van der Waals surface area contributed by atoms with Gasteiger partial charge in [-0.2, -0.15) is 15.0 Å². The first kappa shape index (κ1) is 14.3. The zero-order chi connectivity index (χ0) is 14.5. The van der Waals surface area contributed by atoms with Crippen molar-refractivity contribution in [3.63, 3.8) is 0 Å². The molecular weight excluding hydrogens is 278 g/mol. The van der Waals surface area contributed by atoms with E-state index >= 15 is 0 Å².